The minimum atomic E-state index is -3.21. The maximum absolute atomic E-state index is 11.8. The number of sulfonamides is 1. The van der Waals surface area contributed by atoms with E-state index in [1.807, 2.05) is 6.92 Å². The van der Waals surface area contributed by atoms with Crippen molar-refractivity contribution >= 4 is 20.8 Å². The maximum Gasteiger partial charge on any atom is 0.212 e. The first-order valence-corrected chi connectivity index (χ1v) is 9.91. The molecular formula is C11H25N3O3S2. The lowest BCUT2D eigenvalue weighted by atomic mass is 10.3. The van der Waals surface area contributed by atoms with Crippen LogP contribution in [0.4, 0.5) is 0 Å². The molecule has 1 heterocycles. The highest BCUT2D eigenvalue weighted by Gasteiger charge is 2.15. The Labute approximate surface area is 118 Å². The van der Waals surface area contributed by atoms with Crippen molar-refractivity contribution in [2.75, 3.05) is 51.3 Å². The molecule has 1 fully saturated rings. The summed E-state index contributed by atoms with van der Waals surface area (Å²) in [6.45, 7) is 6.46. The van der Waals surface area contributed by atoms with Crippen molar-refractivity contribution in [3.63, 3.8) is 0 Å². The quantitative estimate of drug-likeness (QED) is 0.599. The molecule has 8 heteroatoms. The van der Waals surface area contributed by atoms with Gasteiger partial charge in [0.05, 0.1) is 5.75 Å². The molecule has 0 radical (unpaired) electrons. The molecule has 0 spiro atoms. The van der Waals surface area contributed by atoms with E-state index in [0.29, 0.717) is 19.5 Å². The highest BCUT2D eigenvalue weighted by molar-refractivity contribution is 7.89. The molecule has 1 rings (SSSR count). The first kappa shape index (κ1) is 17.0. The fourth-order valence-electron chi connectivity index (χ4n) is 1.84. The molecule has 0 saturated carbocycles. The van der Waals surface area contributed by atoms with Crippen molar-refractivity contribution < 1.29 is 12.6 Å². The zero-order valence-corrected chi connectivity index (χ0v) is 13.4. The predicted molar refractivity (Wildman–Crippen MR) is 79.2 cm³/mol. The highest BCUT2D eigenvalue weighted by atomic mass is 32.2. The molecule has 1 saturated heterocycles. The van der Waals surface area contributed by atoms with Gasteiger partial charge in [-0.15, -0.1) is 0 Å². The van der Waals surface area contributed by atoms with Crippen molar-refractivity contribution in [1.82, 2.24) is 14.9 Å². The normalized spacial score (nSPS) is 21.2. The van der Waals surface area contributed by atoms with Crippen LogP contribution in [0.3, 0.4) is 0 Å². The van der Waals surface area contributed by atoms with E-state index in [4.69, 9.17) is 0 Å². The molecule has 0 bridgehead atoms. The summed E-state index contributed by atoms with van der Waals surface area (Å²) in [7, 11) is -4.11. The summed E-state index contributed by atoms with van der Waals surface area (Å²) in [6, 6.07) is 0. The molecule has 0 aromatic rings. The third kappa shape index (κ3) is 7.36. The summed E-state index contributed by atoms with van der Waals surface area (Å²) in [5, 5.41) is 3.26. The second-order valence-electron chi connectivity index (χ2n) is 4.90. The summed E-state index contributed by atoms with van der Waals surface area (Å²) < 4.78 is 37.3. The van der Waals surface area contributed by atoms with Crippen LogP contribution >= 0.6 is 0 Å². The standard InChI is InChI=1S/C11H25N3O3S2/c1-11(18(2)15)3-4-13-19(16,17)10-9-14-7-5-12-6-8-14/h11-13H,3-10H2,1-2H3. The number of nitrogens with one attached hydrogen (secondary N) is 2. The average molecular weight is 311 g/mol. The van der Waals surface area contributed by atoms with Crippen molar-refractivity contribution in [1.29, 1.82) is 0 Å². The Bertz CT molecular complexity index is 381. The van der Waals surface area contributed by atoms with E-state index < -0.39 is 20.8 Å². The number of hydrogen-bond acceptors (Lipinski definition) is 5. The largest absolute Gasteiger partial charge is 0.314 e. The Morgan fingerprint density at radius 1 is 1.37 bits per heavy atom. The Morgan fingerprint density at radius 2 is 2.00 bits per heavy atom. The number of nitrogens with zero attached hydrogens (tertiary/aromatic N) is 1. The molecule has 2 N–H and O–H groups in total. The zero-order chi connectivity index (χ0) is 14.3. The molecule has 0 amide bonds. The van der Waals surface area contributed by atoms with Crippen LogP contribution in [0, 0.1) is 0 Å². The first-order chi connectivity index (χ1) is 8.91. The van der Waals surface area contributed by atoms with Crippen molar-refractivity contribution in [2.45, 2.75) is 18.6 Å². The second kappa shape index (κ2) is 8.31. The third-order valence-electron chi connectivity index (χ3n) is 3.33. The van der Waals surface area contributed by atoms with Gasteiger partial charge in [0.2, 0.25) is 10.0 Å². The summed E-state index contributed by atoms with van der Waals surface area (Å²) in [4.78, 5) is 2.15. The lowest BCUT2D eigenvalue weighted by Crippen LogP contribution is -2.46. The fraction of sp³-hybridized carbons (Fsp3) is 1.00. The van der Waals surface area contributed by atoms with Crippen molar-refractivity contribution in [3.05, 3.63) is 0 Å². The van der Waals surface area contributed by atoms with Gasteiger partial charge in [-0.25, -0.2) is 13.1 Å². The Hall–Kier alpha value is -0.0200. The van der Waals surface area contributed by atoms with Crippen LogP contribution < -0.4 is 10.0 Å². The predicted octanol–water partition coefficient (Wildman–Crippen LogP) is -1.03. The Kier molecular flexibility index (Phi) is 7.45. The van der Waals surface area contributed by atoms with E-state index in [1.165, 1.54) is 0 Å². The molecule has 114 valence electrons. The monoisotopic (exact) mass is 311 g/mol. The molecule has 19 heavy (non-hydrogen) atoms. The van der Waals surface area contributed by atoms with Crippen LogP contribution in [-0.2, 0) is 20.8 Å². The van der Waals surface area contributed by atoms with Crippen LogP contribution in [-0.4, -0.2) is 74.1 Å². The van der Waals surface area contributed by atoms with E-state index in [9.17, 15) is 12.6 Å². The SMILES string of the molecule is CC(CCNS(=O)(=O)CCN1CCNCC1)S(C)=O. The summed E-state index contributed by atoms with van der Waals surface area (Å²) >= 11 is 0. The van der Waals surface area contributed by atoms with E-state index in [1.54, 1.807) is 6.26 Å². The Morgan fingerprint density at radius 3 is 2.58 bits per heavy atom. The van der Waals surface area contributed by atoms with E-state index in [0.717, 1.165) is 26.2 Å². The zero-order valence-electron chi connectivity index (χ0n) is 11.7. The van der Waals surface area contributed by atoms with Gasteiger partial charge in [-0.05, 0) is 6.42 Å². The van der Waals surface area contributed by atoms with Gasteiger partial charge < -0.3 is 5.32 Å². The molecule has 0 aliphatic carbocycles. The Balaban J connectivity index is 2.21. The van der Waals surface area contributed by atoms with Crippen molar-refractivity contribution in [3.8, 4) is 0 Å². The van der Waals surface area contributed by atoms with Gasteiger partial charge in [0.25, 0.3) is 0 Å². The van der Waals surface area contributed by atoms with E-state index in [-0.39, 0.29) is 11.0 Å². The minimum absolute atomic E-state index is 0.0240. The molecule has 1 aliphatic rings. The summed E-state index contributed by atoms with van der Waals surface area (Å²) in [6.07, 6.45) is 2.25. The van der Waals surface area contributed by atoms with Crippen molar-refractivity contribution in [2.24, 2.45) is 0 Å². The molecule has 0 aromatic heterocycles. The van der Waals surface area contributed by atoms with Crippen LogP contribution in [0.2, 0.25) is 0 Å². The number of rotatable bonds is 8. The van der Waals surface area contributed by atoms with Gasteiger partial charge in [0.15, 0.2) is 0 Å². The first-order valence-electron chi connectivity index (χ1n) is 6.63. The fourth-order valence-corrected chi connectivity index (χ4v) is 3.36. The van der Waals surface area contributed by atoms with Crippen LogP contribution in [0.1, 0.15) is 13.3 Å². The third-order valence-corrected chi connectivity index (χ3v) is 6.06. The minimum Gasteiger partial charge on any atom is -0.314 e. The molecule has 0 aromatic carbocycles. The highest BCUT2D eigenvalue weighted by Crippen LogP contribution is 1.99. The molecular weight excluding hydrogens is 286 g/mol. The maximum atomic E-state index is 11.8. The van der Waals surface area contributed by atoms with Gasteiger partial charge in [0.1, 0.15) is 0 Å². The van der Waals surface area contributed by atoms with Crippen LogP contribution in [0.25, 0.3) is 0 Å². The molecule has 2 atom stereocenters. The van der Waals surface area contributed by atoms with Gasteiger partial charge in [0, 0.05) is 61.6 Å². The van der Waals surface area contributed by atoms with Gasteiger partial charge in [-0.3, -0.25) is 9.11 Å². The van der Waals surface area contributed by atoms with Gasteiger partial charge in [-0.2, -0.15) is 0 Å². The number of piperazine rings is 1. The van der Waals surface area contributed by atoms with E-state index in [2.05, 4.69) is 14.9 Å². The molecule has 1 aliphatic heterocycles. The second-order valence-corrected chi connectivity index (χ2v) is 8.63. The van der Waals surface area contributed by atoms with Crippen LogP contribution in [0.5, 0.6) is 0 Å². The summed E-state index contributed by atoms with van der Waals surface area (Å²) in [5.41, 5.74) is 0. The van der Waals surface area contributed by atoms with Crippen LogP contribution in [0.15, 0.2) is 0 Å². The average Bonchev–Trinajstić information content (AvgIpc) is 2.37. The lowest BCUT2D eigenvalue weighted by molar-refractivity contribution is 0.253. The number of hydrogen-bond donors (Lipinski definition) is 2. The van der Waals surface area contributed by atoms with Gasteiger partial charge in [-0.1, -0.05) is 6.92 Å². The van der Waals surface area contributed by atoms with E-state index >= 15 is 0 Å². The lowest BCUT2D eigenvalue weighted by Gasteiger charge is -2.26. The summed E-state index contributed by atoms with van der Waals surface area (Å²) in [5.74, 6) is 0.136. The topological polar surface area (TPSA) is 78.5 Å². The smallest absolute Gasteiger partial charge is 0.212 e. The molecule has 6 nitrogen and oxygen atoms in total. The van der Waals surface area contributed by atoms with Gasteiger partial charge >= 0.3 is 0 Å². The molecule has 2 unspecified atom stereocenters.